The molecule has 0 unspecified atom stereocenters. The number of rotatable bonds is 3. The second-order valence-corrected chi connectivity index (χ2v) is 4.27. The van der Waals surface area contributed by atoms with Gasteiger partial charge < -0.3 is 15.4 Å². The quantitative estimate of drug-likeness (QED) is 0.898. The van der Waals surface area contributed by atoms with Gasteiger partial charge in [0.1, 0.15) is 6.54 Å². The number of alkyl carbamates (subject to hydrolysis) is 1. The third-order valence-corrected chi connectivity index (χ3v) is 2.53. The Morgan fingerprint density at radius 1 is 1.41 bits per heavy atom. The molecule has 0 heterocycles. The predicted octanol–water partition coefficient (Wildman–Crippen LogP) is 2.05. The minimum absolute atomic E-state index is 0.123. The fourth-order valence-corrected chi connectivity index (χ4v) is 1.66. The van der Waals surface area contributed by atoms with Crippen LogP contribution in [0.3, 0.4) is 0 Å². The van der Waals surface area contributed by atoms with Crippen molar-refractivity contribution in [2.45, 2.75) is 6.92 Å². The number of carbonyl (C=O) groups is 2. The Morgan fingerprint density at radius 3 is 2.71 bits per heavy atom. The van der Waals surface area contributed by atoms with Crippen molar-refractivity contribution in [2.24, 2.45) is 0 Å². The van der Waals surface area contributed by atoms with E-state index in [1.54, 1.807) is 6.07 Å². The molecule has 5 nitrogen and oxygen atoms in total. The molecule has 0 fully saturated rings. The molecule has 92 valence electrons. The molecule has 0 bridgehead atoms. The number of carbonyl (C=O) groups excluding carboxylic acids is 2. The molecule has 0 atom stereocenters. The molecule has 0 spiro atoms. The highest BCUT2D eigenvalue weighted by atomic mass is 79.9. The summed E-state index contributed by atoms with van der Waals surface area (Å²) >= 11 is 3.34. The molecule has 0 aliphatic rings. The van der Waals surface area contributed by atoms with Crippen molar-refractivity contribution in [3.63, 3.8) is 0 Å². The number of methoxy groups -OCH3 is 1. The van der Waals surface area contributed by atoms with E-state index in [1.165, 1.54) is 7.11 Å². The van der Waals surface area contributed by atoms with Crippen LogP contribution < -0.4 is 10.6 Å². The summed E-state index contributed by atoms with van der Waals surface area (Å²) < 4.78 is 5.30. The number of anilines is 1. The molecule has 1 aromatic carbocycles. The van der Waals surface area contributed by atoms with Crippen molar-refractivity contribution in [2.75, 3.05) is 19.0 Å². The maximum atomic E-state index is 11.5. The molecule has 17 heavy (non-hydrogen) atoms. The van der Waals surface area contributed by atoms with Gasteiger partial charge in [-0.25, -0.2) is 4.79 Å². The standard InChI is InChI=1S/C11H13BrN2O3/c1-7-5-8(12)3-4-9(7)14-10(15)6-13-11(16)17-2/h3-5H,6H2,1-2H3,(H,13,16)(H,14,15). The van der Waals surface area contributed by atoms with Crippen LogP contribution in [0.2, 0.25) is 0 Å². The number of ether oxygens (including phenoxy) is 1. The smallest absolute Gasteiger partial charge is 0.407 e. The average molecular weight is 301 g/mol. The summed E-state index contributed by atoms with van der Waals surface area (Å²) in [5, 5.41) is 4.99. The van der Waals surface area contributed by atoms with Crippen LogP contribution in [0.15, 0.2) is 22.7 Å². The molecule has 0 aromatic heterocycles. The third-order valence-electron chi connectivity index (χ3n) is 2.04. The van der Waals surface area contributed by atoms with Crippen molar-refractivity contribution < 1.29 is 14.3 Å². The maximum absolute atomic E-state index is 11.5. The van der Waals surface area contributed by atoms with Gasteiger partial charge in [0.05, 0.1) is 7.11 Å². The van der Waals surface area contributed by atoms with E-state index in [2.05, 4.69) is 31.3 Å². The van der Waals surface area contributed by atoms with Gasteiger partial charge in [-0.15, -0.1) is 0 Å². The van der Waals surface area contributed by atoms with Crippen LogP contribution >= 0.6 is 15.9 Å². The lowest BCUT2D eigenvalue weighted by molar-refractivity contribution is -0.115. The van der Waals surface area contributed by atoms with Crippen molar-refractivity contribution >= 4 is 33.6 Å². The molecule has 1 aromatic rings. The lowest BCUT2D eigenvalue weighted by Crippen LogP contribution is -2.32. The van der Waals surface area contributed by atoms with Gasteiger partial charge >= 0.3 is 6.09 Å². The van der Waals surface area contributed by atoms with Crippen LogP contribution in [0.25, 0.3) is 0 Å². The molecule has 0 radical (unpaired) electrons. The molecule has 1 rings (SSSR count). The lowest BCUT2D eigenvalue weighted by atomic mass is 10.2. The second kappa shape index (κ2) is 6.24. The average Bonchev–Trinajstić information content (AvgIpc) is 2.29. The van der Waals surface area contributed by atoms with Crippen LogP contribution in [0.1, 0.15) is 5.56 Å². The van der Waals surface area contributed by atoms with Crippen molar-refractivity contribution in [1.29, 1.82) is 0 Å². The van der Waals surface area contributed by atoms with Gasteiger partial charge in [-0.05, 0) is 30.7 Å². The number of nitrogens with one attached hydrogen (secondary N) is 2. The highest BCUT2D eigenvalue weighted by Crippen LogP contribution is 2.19. The summed E-state index contributed by atoms with van der Waals surface area (Å²) in [4.78, 5) is 22.2. The number of benzene rings is 1. The van der Waals surface area contributed by atoms with Gasteiger partial charge in [0.2, 0.25) is 5.91 Å². The van der Waals surface area contributed by atoms with Gasteiger partial charge in [-0.3, -0.25) is 4.79 Å². The third kappa shape index (κ3) is 4.44. The Kier molecular flexibility index (Phi) is 4.96. The minimum Gasteiger partial charge on any atom is -0.453 e. The Balaban J connectivity index is 2.53. The first-order chi connectivity index (χ1) is 8.02. The Morgan fingerprint density at radius 2 is 2.12 bits per heavy atom. The summed E-state index contributed by atoms with van der Waals surface area (Å²) in [6.07, 6.45) is -0.632. The molecule has 0 saturated heterocycles. The topological polar surface area (TPSA) is 67.4 Å². The van der Waals surface area contributed by atoms with Crippen LogP contribution in [-0.4, -0.2) is 25.7 Å². The largest absolute Gasteiger partial charge is 0.453 e. The Hall–Kier alpha value is -1.56. The van der Waals surface area contributed by atoms with Gasteiger partial charge in [0, 0.05) is 10.2 Å². The summed E-state index contributed by atoms with van der Waals surface area (Å²) in [5.74, 6) is -0.305. The van der Waals surface area contributed by atoms with Crippen molar-refractivity contribution in [3.05, 3.63) is 28.2 Å². The number of aryl methyl sites for hydroxylation is 1. The van der Waals surface area contributed by atoms with Gasteiger partial charge in [-0.1, -0.05) is 15.9 Å². The normalized spacial score (nSPS) is 9.59. The number of halogens is 1. The Bertz CT molecular complexity index is 435. The molecule has 2 amide bonds. The fraction of sp³-hybridized carbons (Fsp3) is 0.273. The van der Waals surface area contributed by atoms with Gasteiger partial charge in [0.15, 0.2) is 0 Å². The summed E-state index contributed by atoms with van der Waals surface area (Å²) in [7, 11) is 1.24. The van der Waals surface area contributed by atoms with E-state index < -0.39 is 6.09 Å². The summed E-state index contributed by atoms with van der Waals surface area (Å²) in [5.41, 5.74) is 1.65. The molecule has 0 saturated carbocycles. The molecule has 0 aliphatic heterocycles. The maximum Gasteiger partial charge on any atom is 0.407 e. The highest BCUT2D eigenvalue weighted by molar-refractivity contribution is 9.10. The van der Waals surface area contributed by atoms with E-state index in [0.29, 0.717) is 5.69 Å². The fourth-order valence-electron chi connectivity index (χ4n) is 1.19. The van der Waals surface area contributed by atoms with Crippen molar-refractivity contribution in [1.82, 2.24) is 5.32 Å². The summed E-state index contributed by atoms with van der Waals surface area (Å²) in [6.45, 7) is 1.76. The zero-order chi connectivity index (χ0) is 12.8. The Labute approximate surface area is 108 Å². The van der Waals surface area contributed by atoms with E-state index in [0.717, 1.165) is 10.0 Å². The van der Waals surface area contributed by atoms with Crippen LogP contribution in [0.4, 0.5) is 10.5 Å². The van der Waals surface area contributed by atoms with Crippen LogP contribution in [-0.2, 0) is 9.53 Å². The molecule has 6 heteroatoms. The van der Waals surface area contributed by atoms with Crippen LogP contribution in [0, 0.1) is 6.92 Å². The minimum atomic E-state index is -0.632. The number of hydrogen-bond acceptors (Lipinski definition) is 3. The van der Waals surface area contributed by atoms with Gasteiger partial charge in [0.25, 0.3) is 0 Å². The first-order valence-corrected chi connectivity index (χ1v) is 5.70. The van der Waals surface area contributed by atoms with Crippen LogP contribution in [0.5, 0.6) is 0 Å². The predicted molar refractivity (Wildman–Crippen MR) is 67.9 cm³/mol. The second-order valence-electron chi connectivity index (χ2n) is 3.35. The first kappa shape index (κ1) is 13.5. The van der Waals surface area contributed by atoms with Crippen molar-refractivity contribution in [3.8, 4) is 0 Å². The first-order valence-electron chi connectivity index (χ1n) is 4.90. The number of amides is 2. The number of hydrogen-bond donors (Lipinski definition) is 2. The van der Waals surface area contributed by atoms with E-state index in [9.17, 15) is 9.59 Å². The van der Waals surface area contributed by atoms with Gasteiger partial charge in [-0.2, -0.15) is 0 Å². The lowest BCUT2D eigenvalue weighted by Gasteiger charge is -2.09. The molecule has 0 aliphatic carbocycles. The van der Waals surface area contributed by atoms with E-state index in [1.807, 2.05) is 19.1 Å². The highest BCUT2D eigenvalue weighted by Gasteiger charge is 2.06. The van der Waals surface area contributed by atoms with E-state index >= 15 is 0 Å². The SMILES string of the molecule is COC(=O)NCC(=O)Nc1ccc(Br)cc1C. The zero-order valence-corrected chi connectivity index (χ0v) is 11.1. The van der Waals surface area contributed by atoms with E-state index in [-0.39, 0.29) is 12.5 Å². The molecular weight excluding hydrogens is 288 g/mol. The summed E-state index contributed by atoms with van der Waals surface area (Å²) in [6, 6.07) is 5.51. The van der Waals surface area contributed by atoms with E-state index in [4.69, 9.17) is 0 Å². The molecular formula is C11H13BrN2O3. The molecule has 2 N–H and O–H groups in total. The monoisotopic (exact) mass is 300 g/mol. The zero-order valence-electron chi connectivity index (χ0n) is 9.54.